The van der Waals surface area contributed by atoms with Crippen LogP contribution in [0.5, 0.6) is 0 Å². The van der Waals surface area contributed by atoms with E-state index in [1.54, 1.807) is 0 Å². The highest BCUT2D eigenvalue weighted by Crippen LogP contribution is 1.94. The highest BCUT2D eigenvalue weighted by Gasteiger charge is 1.83. The van der Waals surface area contributed by atoms with Crippen LogP contribution in [0, 0.1) is 0 Å². The van der Waals surface area contributed by atoms with E-state index in [0.717, 1.165) is 0 Å². The van der Waals surface area contributed by atoms with Gasteiger partial charge in [0, 0.05) is 12.4 Å². The van der Waals surface area contributed by atoms with Crippen molar-refractivity contribution >= 4 is 49.6 Å². The maximum absolute atomic E-state index is 5.26. The molecule has 5 heteroatoms. The number of hydrogen-bond donors (Lipinski definition) is 2. The molecule has 0 saturated heterocycles. The predicted octanol–water partition coefficient (Wildman–Crippen LogP) is 1.64. The first-order valence-corrected chi connectivity index (χ1v) is 2.82. The third kappa shape index (κ3) is 11.1. The number of hydrogen-bond acceptors (Lipinski definition) is 3. The molecule has 0 radical (unpaired) electrons. The van der Waals surface area contributed by atoms with Crippen molar-refractivity contribution in [2.24, 2.45) is 0 Å². The van der Waals surface area contributed by atoms with Crippen molar-refractivity contribution in [1.29, 1.82) is 0 Å². The van der Waals surface area contributed by atoms with Gasteiger partial charge >= 0.3 is 0 Å². The van der Waals surface area contributed by atoms with Gasteiger partial charge in [-0.3, -0.25) is 0 Å². The minimum atomic E-state index is 0. The van der Waals surface area contributed by atoms with Crippen LogP contribution in [0.1, 0.15) is 0 Å². The Balaban J connectivity index is 0. The minimum Gasteiger partial charge on any atom is -0.199 e. The van der Waals surface area contributed by atoms with Crippen molar-refractivity contribution in [3.63, 3.8) is 0 Å². The zero-order valence-corrected chi connectivity index (χ0v) is 6.90. The molecule has 0 amide bonds. The molecule has 0 aliphatic heterocycles. The van der Waals surface area contributed by atoms with Crippen molar-refractivity contribution in [2.45, 2.75) is 0 Å². The number of nitrogens with zero attached hydrogens (tertiary/aromatic N) is 1. The van der Waals surface area contributed by atoms with E-state index in [-0.39, 0.29) is 12.4 Å². The molecule has 0 rings (SSSR count). The van der Waals surface area contributed by atoms with E-state index in [0.29, 0.717) is 12.4 Å². The van der Waals surface area contributed by atoms with E-state index < -0.39 is 0 Å². The van der Waals surface area contributed by atoms with Crippen LogP contribution in [0.15, 0.2) is 0 Å². The summed E-state index contributed by atoms with van der Waals surface area (Å²) in [5, 5.41) is 0. The molecule has 0 aliphatic rings. The summed E-state index contributed by atoms with van der Waals surface area (Å²) >= 11 is 12.8. The first-order chi connectivity index (χ1) is 2.77. The van der Waals surface area contributed by atoms with Crippen molar-refractivity contribution in [3.05, 3.63) is 0 Å². The van der Waals surface area contributed by atoms with Gasteiger partial charge < -0.3 is 0 Å². The van der Waals surface area contributed by atoms with Gasteiger partial charge in [0.2, 0.25) is 0 Å². The normalized spacial score (nSPS) is 8.57. The van der Waals surface area contributed by atoms with Crippen LogP contribution < -0.4 is 0 Å². The summed E-state index contributed by atoms with van der Waals surface area (Å²) in [5.41, 5.74) is 0. The zero-order chi connectivity index (χ0) is 4.99. The van der Waals surface area contributed by atoms with Crippen LogP contribution in [-0.4, -0.2) is 16.1 Å². The number of rotatable bonds is 2. The van der Waals surface area contributed by atoms with E-state index in [1.165, 1.54) is 3.71 Å². The Kier molecular flexibility index (Phi) is 11.5. The van der Waals surface area contributed by atoms with E-state index >= 15 is 0 Å². The summed E-state index contributed by atoms with van der Waals surface area (Å²) in [5.74, 6) is 0.576. The lowest BCUT2D eigenvalue weighted by atomic mass is 10.8. The lowest BCUT2D eigenvalue weighted by molar-refractivity contribution is 0.813. The van der Waals surface area contributed by atoms with Gasteiger partial charge in [-0.05, 0) is 0 Å². The molecule has 46 valence electrons. The Hall–Kier alpha value is 1.24. The Morgan fingerprint density at radius 2 is 1.86 bits per heavy atom. The Morgan fingerprint density at radius 3 is 1.86 bits per heavy atom. The molecule has 0 fully saturated rings. The maximum Gasteiger partial charge on any atom is 0.0370 e. The molecule has 0 unspecified atom stereocenters. The molecule has 0 saturated carbocycles. The standard InChI is InChI=1S/C2H6ClNS2.ClH/c3-1-2-4(5)6;/h5-6H,1-2H2;1H. The largest absolute Gasteiger partial charge is 0.199 e. The van der Waals surface area contributed by atoms with Crippen LogP contribution in [-0.2, 0) is 0 Å². The smallest absolute Gasteiger partial charge is 0.0370 e. The molecule has 0 aromatic carbocycles. The number of thiol groups is 2. The van der Waals surface area contributed by atoms with Gasteiger partial charge in [0.15, 0.2) is 0 Å². The highest BCUT2D eigenvalue weighted by atomic mass is 35.5. The second-order valence-corrected chi connectivity index (χ2v) is 2.44. The Labute approximate surface area is 65.9 Å². The predicted molar refractivity (Wildman–Crippen MR) is 42.6 cm³/mol. The van der Waals surface area contributed by atoms with Crippen LogP contribution in [0.3, 0.4) is 0 Å². The molecule has 1 nitrogen and oxygen atoms in total. The van der Waals surface area contributed by atoms with Crippen molar-refractivity contribution < 1.29 is 0 Å². The van der Waals surface area contributed by atoms with Crippen LogP contribution in [0.2, 0.25) is 0 Å². The Morgan fingerprint density at radius 1 is 1.43 bits per heavy atom. The topological polar surface area (TPSA) is 3.24 Å². The molecule has 0 atom stereocenters. The maximum atomic E-state index is 5.26. The fourth-order valence-corrected chi connectivity index (χ4v) is 0.680. The molecular weight excluding hydrogens is 173 g/mol. The van der Waals surface area contributed by atoms with Crippen molar-refractivity contribution in [1.82, 2.24) is 3.71 Å². The third-order valence-electron chi connectivity index (χ3n) is 0.285. The van der Waals surface area contributed by atoms with Crippen LogP contribution in [0.25, 0.3) is 0 Å². The number of alkyl halides is 1. The molecular formula is C2H7Cl2NS2. The van der Waals surface area contributed by atoms with Gasteiger partial charge in [0.1, 0.15) is 0 Å². The average Bonchev–Trinajstić information content (AvgIpc) is 1.35. The van der Waals surface area contributed by atoms with Gasteiger partial charge in [-0.2, -0.15) is 3.71 Å². The monoisotopic (exact) mass is 179 g/mol. The Bertz CT molecular complexity index is 34.9. The molecule has 0 aromatic heterocycles. The molecule has 0 N–H and O–H groups in total. The molecule has 0 spiro atoms. The van der Waals surface area contributed by atoms with Crippen molar-refractivity contribution in [2.75, 3.05) is 12.4 Å². The quantitative estimate of drug-likeness (QED) is 0.482. The fourth-order valence-electron chi connectivity index (χ4n) is 0.0756. The summed E-state index contributed by atoms with van der Waals surface area (Å²) in [6.45, 7) is 0.702. The van der Waals surface area contributed by atoms with Gasteiger partial charge in [0.05, 0.1) is 0 Å². The summed E-state index contributed by atoms with van der Waals surface area (Å²) in [4.78, 5) is 0. The second-order valence-electron chi connectivity index (χ2n) is 0.785. The fraction of sp³-hybridized carbons (Fsp3) is 1.00. The third-order valence-corrected chi connectivity index (χ3v) is 0.854. The minimum absolute atomic E-state index is 0. The molecule has 0 bridgehead atoms. The molecule has 0 heterocycles. The summed E-state index contributed by atoms with van der Waals surface area (Å²) in [6.07, 6.45) is 0. The summed E-state index contributed by atoms with van der Waals surface area (Å²) < 4.78 is 1.44. The van der Waals surface area contributed by atoms with E-state index in [9.17, 15) is 0 Å². The molecule has 0 aliphatic carbocycles. The second kappa shape index (κ2) is 7.24. The van der Waals surface area contributed by atoms with E-state index in [4.69, 9.17) is 11.6 Å². The van der Waals surface area contributed by atoms with Gasteiger partial charge in [-0.1, -0.05) is 25.6 Å². The lowest BCUT2D eigenvalue weighted by Gasteiger charge is -1.99. The SMILES string of the molecule is Cl.SN(S)CCCl. The van der Waals surface area contributed by atoms with Crippen LogP contribution >= 0.6 is 49.6 Å². The molecule has 7 heavy (non-hydrogen) atoms. The first-order valence-electron chi connectivity index (χ1n) is 1.48. The average molecular weight is 180 g/mol. The van der Waals surface area contributed by atoms with Gasteiger partial charge in [-0.25, -0.2) is 0 Å². The van der Waals surface area contributed by atoms with Crippen molar-refractivity contribution in [3.8, 4) is 0 Å². The van der Waals surface area contributed by atoms with Crippen LogP contribution in [0.4, 0.5) is 0 Å². The lowest BCUT2D eigenvalue weighted by Crippen LogP contribution is -1.99. The zero-order valence-electron chi connectivity index (χ0n) is 3.54. The molecule has 0 aromatic rings. The summed E-state index contributed by atoms with van der Waals surface area (Å²) in [7, 11) is 0. The van der Waals surface area contributed by atoms with Gasteiger partial charge in [-0.15, -0.1) is 24.0 Å². The van der Waals surface area contributed by atoms with E-state index in [1.807, 2.05) is 0 Å². The summed E-state index contributed by atoms with van der Waals surface area (Å²) in [6, 6.07) is 0. The highest BCUT2D eigenvalue weighted by molar-refractivity contribution is 7.93. The number of halogens is 2. The van der Waals surface area contributed by atoms with E-state index in [2.05, 4.69) is 25.6 Å². The van der Waals surface area contributed by atoms with Gasteiger partial charge in [0.25, 0.3) is 0 Å². The first kappa shape index (κ1) is 11.1.